The smallest absolute Gasteiger partial charge is 0.263 e. The number of ether oxygens (including phenoxy) is 1. The van der Waals surface area contributed by atoms with E-state index in [0.29, 0.717) is 36.2 Å². The van der Waals surface area contributed by atoms with E-state index in [0.717, 1.165) is 26.7 Å². The Balaban J connectivity index is 1.63. The highest BCUT2D eigenvalue weighted by molar-refractivity contribution is 7.21. The van der Waals surface area contributed by atoms with Gasteiger partial charge in [0, 0.05) is 47.8 Å². The first-order valence-electron chi connectivity index (χ1n) is 10.2. The van der Waals surface area contributed by atoms with Crippen molar-refractivity contribution in [3.63, 3.8) is 0 Å². The largest absolute Gasteiger partial charge is 0.383 e. The molecule has 5 rings (SSSR count). The maximum absolute atomic E-state index is 13.7. The molecule has 10 heteroatoms. The summed E-state index contributed by atoms with van der Waals surface area (Å²) in [6.45, 7) is 3.48. The van der Waals surface area contributed by atoms with Crippen molar-refractivity contribution >= 4 is 55.6 Å². The summed E-state index contributed by atoms with van der Waals surface area (Å²) in [5.41, 5.74) is 1.62. The molecule has 3 aromatic heterocycles. The van der Waals surface area contributed by atoms with Gasteiger partial charge in [-0.25, -0.2) is 15.0 Å². The third kappa shape index (κ3) is 3.61. The minimum atomic E-state index is -0.612. The molecule has 0 aliphatic carbocycles. The highest BCUT2D eigenvalue weighted by Gasteiger charge is 2.25. The Hall–Kier alpha value is -3.37. The predicted molar refractivity (Wildman–Crippen MR) is 123 cm³/mol. The van der Waals surface area contributed by atoms with Crippen LogP contribution in [0, 0.1) is 5.95 Å². The number of anilines is 3. The molecule has 0 saturated carbocycles. The van der Waals surface area contributed by atoms with E-state index in [4.69, 9.17) is 9.72 Å². The number of nitrogens with one attached hydrogen (secondary N) is 2. The number of pyridine rings is 1. The van der Waals surface area contributed by atoms with Crippen molar-refractivity contribution in [1.29, 1.82) is 0 Å². The first kappa shape index (κ1) is 20.5. The second-order valence-electron chi connectivity index (χ2n) is 7.58. The monoisotopic (exact) mass is 452 g/mol. The number of benzene rings is 1. The summed E-state index contributed by atoms with van der Waals surface area (Å²) in [4.78, 5) is 27.7. The van der Waals surface area contributed by atoms with Crippen LogP contribution in [0.4, 0.5) is 21.7 Å². The van der Waals surface area contributed by atoms with Gasteiger partial charge in [-0.05, 0) is 31.2 Å². The summed E-state index contributed by atoms with van der Waals surface area (Å²) in [5.74, 6) is 0.347. The van der Waals surface area contributed by atoms with E-state index >= 15 is 0 Å². The molecule has 8 nitrogen and oxygen atoms in total. The third-order valence-corrected chi connectivity index (χ3v) is 6.52. The molecule has 4 aromatic rings. The molecule has 4 heterocycles. The molecule has 1 aromatic carbocycles. The van der Waals surface area contributed by atoms with E-state index in [1.807, 2.05) is 31.2 Å². The number of nitrogens with zero attached hydrogens (tertiary/aromatic N) is 4. The molecular weight excluding hydrogens is 431 g/mol. The summed E-state index contributed by atoms with van der Waals surface area (Å²) in [6.07, 6.45) is 1.19. The van der Waals surface area contributed by atoms with Gasteiger partial charge >= 0.3 is 0 Å². The maximum Gasteiger partial charge on any atom is 0.263 e. The number of fused-ring (bicyclic) bond motifs is 5. The minimum absolute atomic E-state index is 0.0412. The molecule has 0 fully saturated rings. The van der Waals surface area contributed by atoms with Gasteiger partial charge in [0.05, 0.1) is 17.8 Å². The average Bonchev–Trinajstić information content (AvgIpc) is 3.10. The van der Waals surface area contributed by atoms with Crippen LogP contribution in [0.5, 0.6) is 0 Å². The lowest BCUT2D eigenvalue weighted by Crippen LogP contribution is -2.34. The normalized spacial score (nSPS) is 15.8. The van der Waals surface area contributed by atoms with Gasteiger partial charge in [0.1, 0.15) is 22.8 Å². The van der Waals surface area contributed by atoms with E-state index in [2.05, 4.69) is 20.6 Å². The lowest BCUT2D eigenvalue weighted by molar-refractivity contribution is 0.0949. The summed E-state index contributed by atoms with van der Waals surface area (Å²) >= 11 is 1.47. The SMILES string of the molecule is COCCN(c1cc(F)ncn1)c1ccc2c(ccc3sc4c(c32)NC[C@H](C)NC4=O)n1. The first-order valence-corrected chi connectivity index (χ1v) is 11.0. The van der Waals surface area contributed by atoms with E-state index in [1.54, 1.807) is 12.0 Å². The van der Waals surface area contributed by atoms with Gasteiger partial charge in [-0.1, -0.05) is 0 Å². The third-order valence-electron chi connectivity index (χ3n) is 5.37. The number of carbonyl (C=O) groups is 1. The predicted octanol–water partition coefficient (Wildman–Crippen LogP) is 3.71. The molecule has 1 aliphatic heterocycles. The lowest BCUT2D eigenvalue weighted by Gasteiger charge is -2.22. The van der Waals surface area contributed by atoms with Gasteiger partial charge in [-0.15, -0.1) is 11.3 Å². The second-order valence-corrected chi connectivity index (χ2v) is 8.63. The molecule has 0 unspecified atom stereocenters. The van der Waals surface area contributed by atoms with Gasteiger partial charge in [0.15, 0.2) is 0 Å². The number of methoxy groups -OCH3 is 1. The maximum atomic E-state index is 13.7. The number of rotatable bonds is 5. The summed E-state index contributed by atoms with van der Waals surface area (Å²) in [7, 11) is 1.61. The molecule has 164 valence electrons. The van der Waals surface area contributed by atoms with Gasteiger partial charge in [0.25, 0.3) is 5.91 Å². The van der Waals surface area contributed by atoms with E-state index < -0.39 is 5.95 Å². The Morgan fingerprint density at radius 3 is 2.94 bits per heavy atom. The number of thiophene rings is 1. The Morgan fingerprint density at radius 1 is 1.25 bits per heavy atom. The van der Waals surface area contributed by atoms with E-state index in [9.17, 15) is 9.18 Å². The fourth-order valence-electron chi connectivity index (χ4n) is 3.87. The van der Waals surface area contributed by atoms with Gasteiger partial charge in [-0.2, -0.15) is 4.39 Å². The first-order chi connectivity index (χ1) is 15.5. The number of hydrogen-bond acceptors (Lipinski definition) is 8. The van der Waals surface area contributed by atoms with Crippen molar-refractivity contribution in [3.05, 3.63) is 47.5 Å². The minimum Gasteiger partial charge on any atom is -0.383 e. The highest BCUT2D eigenvalue weighted by Crippen LogP contribution is 2.41. The Bertz CT molecular complexity index is 1330. The number of aromatic nitrogens is 3. The van der Waals surface area contributed by atoms with Crippen LogP contribution < -0.4 is 15.5 Å². The molecule has 1 amide bonds. The van der Waals surface area contributed by atoms with Crippen molar-refractivity contribution < 1.29 is 13.9 Å². The van der Waals surface area contributed by atoms with Gasteiger partial charge in [0.2, 0.25) is 5.95 Å². The van der Waals surface area contributed by atoms with Crippen molar-refractivity contribution in [1.82, 2.24) is 20.3 Å². The van der Waals surface area contributed by atoms with Crippen LogP contribution in [-0.2, 0) is 4.74 Å². The average molecular weight is 453 g/mol. The summed E-state index contributed by atoms with van der Waals surface area (Å²) in [5, 5.41) is 8.37. The second kappa shape index (κ2) is 8.29. The van der Waals surface area contributed by atoms with Crippen molar-refractivity contribution in [2.75, 3.05) is 37.0 Å². The quantitative estimate of drug-likeness (QED) is 0.446. The molecule has 0 bridgehead atoms. The number of halogens is 1. The molecule has 0 spiro atoms. The Kier molecular flexibility index (Phi) is 5.32. The van der Waals surface area contributed by atoms with E-state index in [1.165, 1.54) is 23.7 Å². The van der Waals surface area contributed by atoms with Crippen LogP contribution in [0.1, 0.15) is 16.6 Å². The fourth-order valence-corrected chi connectivity index (χ4v) is 4.96. The number of hydrogen-bond donors (Lipinski definition) is 2. The summed E-state index contributed by atoms with van der Waals surface area (Å²) in [6, 6.07) is 9.09. The van der Waals surface area contributed by atoms with Gasteiger partial charge in [-0.3, -0.25) is 4.79 Å². The standard InChI is InChI=1S/C22H21FN6O2S/c1-12-10-24-20-19-13-3-6-17(29(7-8-31-2)18-9-16(23)25-11-26-18)28-14(13)4-5-15(19)32-21(20)22(30)27-12/h3-6,9,11-12,24H,7-8,10H2,1-2H3,(H,27,30)/t12-/m0/s1. The molecule has 2 N–H and O–H groups in total. The molecule has 0 saturated heterocycles. The molecule has 32 heavy (non-hydrogen) atoms. The zero-order valence-corrected chi connectivity index (χ0v) is 18.4. The van der Waals surface area contributed by atoms with Crippen LogP contribution in [-0.4, -0.2) is 53.7 Å². The van der Waals surface area contributed by atoms with Crippen LogP contribution in [0.3, 0.4) is 0 Å². The van der Waals surface area contributed by atoms with Crippen LogP contribution in [0.25, 0.3) is 21.0 Å². The Labute approximate surface area is 187 Å². The highest BCUT2D eigenvalue weighted by atomic mass is 32.1. The van der Waals surface area contributed by atoms with Crippen molar-refractivity contribution in [3.8, 4) is 0 Å². The number of carbonyl (C=O) groups excluding carboxylic acids is 1. The lowest BCUT2D eigenvalue weighted by atomic mass is 10.1. The molecule has 1 atom stereocenters. The van der Waals surface area contributed by atoms with Crippen LogP contribution >= 0.6 is 11.3 Å². The molecule has 1 aliphatic rings. The topological polar surface area (TPSA) is 92.3 Å². The zero-order valence-electron chi connectivity index (χ0n) is 17.6. The summed E-state index contributed by atoms with van der Waals surface area (Å²) < 4.78 is 20.0. The number of amides is 1. The zero-order chi connectivity index (χ0) is 22.2. The fraction of sp³-hybridized carbons (Fsp3) is 0.273. The van der Waals surface area contributed by atoms with Gasteiger partial charge < -0.3 is 20.3 Å². The molecule has 0 radical (unpaired) electrons. The molecular formula is C22H21FN6O2S. The van der Waals surface area contributed by atoms with Crippen LogP contribution in [0.15, 0.2) is 36.7 Å². The van der Waals surface area contributed by atoms with Crippen LogP contribution in [0.2, 0.25) is 0 Å². The Morgan fingerprint density at radius 2 is 2.12 bits per heavy atom. The van der Waals surface area contributed by atoms with E-state index in [-0.39, 0.29) is 11.9 Å². The van der Waals surface area contributed by atoms with Crippen molar-refractivity contribution in [2.45, 2.75) is 13.0 Å². The van der Waals surface area contributed by atoms with Crippen molar-refractivity contribution in [2.24, 2.45) is 0 Å².